The van der Waals surface area contributed by atoms with E-state index in [1.54, 1.807) is 0 Å². The van der Waals surface area contributed by atoms with Crippen molar-refractivity contribution in [1.29, 1.82) is 0 Å². The Labute approximate surface area is 108 Å². The lowest BCUT2D eigenvalue weighted by Crippen LogP contribution is -2.40. The van der Waals surface area contributed by atoms with Gasteiger partial charge in [-0.25, -0.2) is 4.79 Å². The first-order valence-corrected chi connectivity index (χ1v) is 6.45. The van der Waals surface area contributed by atoms with Crippen LogP contribution in [0.25, 0.3) is 0 Å². The fourth-order valence-corrected chi connectivity index (χ4v) is 2.04. The number of amides is 1. The van der Waals surface area contributed by atoms with Crippen LogP contribution in [0.15, 0.2) is 5.10 Å². The third kappa shape index (κ3) is 4.84. The van der Waals surface area contributed by atoms with E-state index < -0.39 is 11.7 Å². The molecule has 1 aliphatic rings. The van der Waals surface area contributed by atoms with Crippen LogP contribution in [0.3, 0.4) is 0 Å². The van der Waals surface area contributed by atoms with Crippen molar-refractivity contribution >= 4 is 23.5 Å². The van der Waals surface area contributed by atoms with E-state index >= 15 is 0 Å². The van der Waals surface area contributed by atoms with Gasteiger partial charge < -0.3 is 4.74 Å². The molecule has 0 heterocycles. The Bertz CT molecular complexity index is 313. The van der Waals surface area contributed by atoms with Crippen LogP contribution in [0.4, 0.5) is 4.79 Å². The minimum absolute atomic E-state index is 0.106. The molecular weight excluding hydrogens is 236 g/mol. The fraction of sp³-hybridized carbons (Fsp3) is 0.833. The van der Waals surface area contributed by atoms with Gasteiger partial charge >= 0.3 is 6.09 Å². The van der Waals surface area contributed by atoms with Crippen LogP contribution in [-0.2, 0) is 4.74 Å². The fourth-order valence-electron chi connectivity index (χ4n) is 1.95. The first kappa shape index (κ1) is 14.1. The molecule has 0 radical (unpaired) electrons. The van der Waals surface area contributed by atoms with Crippen molar-refractivity contribution in [3.63, 3.8) is 0 Å². The molecule has 0 aliphatic heterocycles. The van der Waals surface area contributed by atoms with Crippen LogP contribution >= 0.6 is 12.2 Å². The largest absolute Gasteiger partial charge is 0.442 e. The summed E-state index contributed by atoms with van der Waals surface area (Å²) in [5.41, 5.74) is -0.513. The van der Waals surface area contributed by atoms with E-state index in [1.165, 1.54) is 11.4 Å². The summed E-state index contributed by atoms with van der Waals surface area (Å²) in [5, 5.41) is 7.48. The number of ether oxygens (including phenoxy) is 1. The van der Waals surface area contributed by atoms with Gasteiger partial charge in [0, 0.05) is 0 Å². The van der Waals surface area contributed by atoms with Crippen molar-refractivity contribution in [2.24, 2.45) is 5.10 Å². The Morgan fingerprint density at radius 3 is 2.41 bits per heavy atom. The molecule has 1 aliphatic carbocycles. The summed E-state index contributed by atoms with van der Waals surface area (Å²) in [5.74, 6) is 0. The van der Waals surface area contributed by atoms with Gasteiger partial charge in [-0.1, -0.05) is 19.3 Å². The molecule has 1 fully saturated rings. The van der Waals surface area contributed by atoms with Gasteiger partial charge in [0.25, 0.3) is 0 Å². The molecule has 0 spiro atoms. The highest BCUT2D eigenvalue weighted by atomic mass is 32.1. The van der Waals surface area contributed by atoms with Crippen molar-refractivity contribution in [3.05, 3.63) is 0 Å². The maximum Gasteiger partial charge on any atom is 0.431 e. The number of carbonyl (C=O) groups is 1. The highest BCUT2D eigenvalue weighted by molar-refractivity contribution is 7.78. The number of hydrogen-bond donors (Lipinski definition) is 0. The quantitative estimate of drug-likeness (QED) is 0.431. The third-order valence-electron chi connectivity index (χ3n) is 2.65. The normalized spacial score (nSPS) is 17.1. The molecule has 0 aromatic rings. The summed E-state index contributed by atoms with van der Waals surface area (Å²) < 4.78 is 5.31. The zero-order chi connectivity index (χ0) is 12.9. The van der Waals surface area contributed by atoms with Crippen molar-refractivity contribution < 1.29 is 9.53 Å². The lowest BCUT2D eigenvalue weighted by atomic mass is 9.95. The van der Waals surface area contributed by atoms with E-state index in [0.717, 1.165) is 25.7 Å². The van der Waals surface area contributed by atoms with E-state index in [1.807, 2.05) is 20.8 Å². The van der Waals surface area contributed by atoms with Gasteiger partial charge in [0.1, 0.15) is 5.60 Å². The standard InChI is InChI=1S/C12H20N2O2S/c1-12(2,3)16-11(15)14(13-9-17)10-7-5-4-6-8-10/h10H,4-8H2,1-3H3. The van der Waals surface area contributed by atoms with Crippen molar-refractivity contribution in [2.45, 2.75) is 64.5 Å². The number of nitrogens with zero attached hydrogens (tertiary/aromatic N) is 2. The van der Waals surface area contributed by atoms with Gasteiger partial charge in [-0.2, -0.15) is 5.01 Å². The van der Waals surface area contributed by atoms with Crippen molar-refractivity contribution in [1.82, 2.24) is 5.01 Å². The topological polar surface area (TPSA) is 41.9 Å². The van der Waals surface area contributed by atoms with E-state index in [9.17, 15) is 4.79 Å². The zero-order valence-corrected chi connectivity index (χ0v) is 11.5. The molecule has 17 heavy (non-hydrogen) atoms. The molecule has 4 nitrogen and oxygen atoms in total. The second-order valence-electron chi connectivity index (χ2n) is 5.31. The Hall–Kier alpha value is -0.930. The molecule has 1 rings (SSSR count). The van der Waals surface area contributed by atoms with Gasteiger partial charge in [0.15, 0.2) is 0 Å². The number of hydrogen-bond acceptors (Lipinski definition) is 4. The molecule has 1 saturated carbocycles. The number of thiocarbonyl (C=S) groups is 1. The number of isothiocyanates is 1. The smallest absolute Gasteiger partial charge is 0.431 e. The highest BCUT2D eigenvalue weighted by Gasteiger charge is 2.29. The van der Waals surface area contributed by atoms with Crippen LogP contribution in [0.1, 0.15) is 52.9 Å². The number of hydrazone groups is 1. The van der Waals surface area contributed by atoms with Gasteiger partial charge in [-0.15, -0.1) is 5.10 Å². The van der Waals surface area contributed by atoms with E-state index in [2.05, 4.69) is 22.5 Å². The van der Waals surface area contributed by atoms with Gasteiger partial charge in [-0.05, 0) is 45.8 Å². The SMILES string of the molecule is CC(C)(C)OC(=O)N(N=C=S)C1CCCCC1. The first-order chi connectivity index (χ1) is 7.94. The Morgan fingerprint density at radius 2 is 1.94 bits per heavy atom. The number of rotatable bonds is 2. The molecular formula is C12H20N2O2S. The maximum absolute atomic E-state index is 12.0. The van der Waals surface area contributed by atoms with E-state index in [0.29, 0.717) is 0 Å². The number of carbonyl (C=O) groups excluding carboxylic acids is 1. The second-order valence-corrected chi connectivity index (χ2v) is 5.49. The molecule has 0 N–H and O–H groups in total. The lowest BCUT2D eigenvalue weighted by Gasteiger charge is -2.31. The van der Waals surface area contributed by atoms with Crippen LogP contribution in [0.2, 0.25) is 0 Å². The third-order valence-corrected chi connectivity index (χ3v) is 2.73. The molecule has 0 unspecified atom stereocenters. The van der Waals surface area contributed by atoms with Gasteiger partial charge in [-0.3, -0.25) is 0 Å². The van der Waals surface area contributed by atoms with E-state index in [-0.39, 0.29) is 6.04 Å². The first-order valence-electron chi connectivity index (χ1n) is 6.04. The van der Waals surface area contributed by atoms with Crippen LogP contribution < -0.4 is 0 Å². The summed E-state index contributed by atoms with van der Waals surface area (Å²) in [7, 11) is 0. The minimum Gasteiger partial charge on any atom is -0.442 e. The summed E-state index contributed by atoms with van der Waals surface area (Å²) in [6, 6.07) is 0.106. The zero-order valence-electron chi connectivity index (χ0n) is 10.7. The molecule has 0 bridgehead atoms. The molecule has 0 aromatic carbocycles. The molecule has 0 aromatic heterocycles. The Morgan fingerprint density at radius 1 is 1.35 bits per heavy atom. The van der Waals surface area contributed by atoms with Crippen LogP contribution in [0.5, 0.6) is 0 Å². The maximum atomic E-state index is 12.0. The molecule has 5 heteroatoms. The van der Waals surface area contributed by atoms with Crippen molar-refractivity contribution in [2.75, 3.05) is 0 Å². The van der Waals surface area contributed by atoms with Crippen LogP contribution in [-0.4, -0.2) is 27.9 Å². The Kier molecular flexibility index (Phi) is 5.09. The Balaban J connectivity index is 2.70. The van der Waals surface area contributed by atoms with Gasteiger partial charge in [0.2, 0.25) is 0 Å². The predicted octanol–water partition coefficient (Wildman–Crippen LogP) is 3.57. The minimum atomic E-state index is -0.513. The summed E-state index contributed by atoms with van der Waals surface area (Å²) in [6.45, 7) is 5.52. The molecule has 96 valence electrons. The predicted molar refractivity (Wildman–Crippen MR) is 70.0 cm³/mol. The van der Waals surface area contributed by atoms with Crippen molar-refractivity contribution in [3.8, 4) is 0 Å². The monoisotopic (exact) mass is 256 g/mol. The summed E-state index contributed by atoms with van der Waals surface area (Å²) in [4.78, 5) is 12.0. The van der Waals surface area contributed by atoms with E-state index in [4.69, 9.17) is 4.74 Å². The van der Waals surface area contributed by atoms with Crippen LogP contribution in [0, 0.1) is 0 Å². The lowest BCUT2D eigenvalue weighted by molar-refractivity contribution is 0.0131. The molecule has 0 saturated heterocycles. The average Bonchev–Trinajstić information content (AvgIpc) is 2.24. The molecule has 0 atom stereocenters. The molecule has 1 amide bonds. The highest BCUT2D eigenvalue weighted by Crippen LogP contribution is 2.24. The summed E-state index contributed by atoms with van der Waals surface area (Å²) >= 11 is 4.59. The second kappa shape index (κ2) is 6.12. The van der Waals surface area contributed by atoms with Gasteiger partial charge in [0.05, 0.1) is 11.2 Å². The summed E-state index contributed by atoms with van der Waals surface area (Å²) in [6.07, 6.45) is 4.95. The average molecular weight is 256 g/mol.